The summed E-state index contributed by atoms with van der Waals surface area (Å²) in [6.07, 6.45) is 3.86. The van der Waals surface area contributed by atoms with Crippen molar-refractivity contribution in [3.8, 4) is 0 Å². The SMILES string of the molecule is [C-]1=C(c2ccccc2)C(c2ccccc2)=C(c2ccccc2)C1c1ccccc1.[Zr+2].c1ccc2c(c1)[cH-]c1ccccc12. The minimum atomic E-state index is 0. The first-order valence-electron chi connectivity index (χ1n) is 14.5. The summed E-state index contributed by atoms with van der Waals surface area (Å²) in [4.78, 5) is 0. The molecule has 0 saturated heterocycles. The first-order chi connectivity index (χ1) is 20.9. The molecular formula is C42H30Zr. The molecule has 1 unspecified atom stereocenters. The minimum Gasteiger partial charge on any atom is -0.188 e. The Morgan fingerprint density at radius 1 is 0.419 bits per heavy atom. The van der Waals surface area contributed by atoms with Crippen molar-refractivity contribution in [3.05, 3.63) is 204 Å². The van der Waals surface area contributed by atoms with Gasteiger partial charge in [-0.05, 0) is 17.0 Å². The smallest absolute Gasteiger partial charge is 0.188 e. The summed E-state index contributed by atoms with van der Waals surface area (Å²) < 4.78 is 0. The third kappa shape index (κ3) is 5.92. The Morgan fingerprint density at radius 3 is 1.37 bits per heavy atom. The Morgan fingerprint density at radius 2 is 0.837 bits per heavy atom. The van der Waals surface area contributed by atoms with Crippen LogP contribution < -0.4 is 0 Å². The van der Waals surface area contributed by atoms with E-state index in [1.807, 2.05) is 0 Å². The van der Waals surface area contributed by atoms with Crippen LogP contribution in [0, 0.1) is 6.08 Å². The zero-order valence-corrected chi connectivity index (χ0v) is 26.3. The van der Waals surface area contributed by atoms with Gasteiger partial charge in [0.1, 0.15) is 0 Å². The normalized spacial score (nSPS) is 14.1. The average molecular weight is 626 g/mol. The van der Waals surface area contributed by atoms with Crippen LogP contribution in [0.5, 0.6) is 0 Å². The second-order valence-electron chi connectivity index (χ2n) is 10.6. The molecular weight excluding hydrogens is 596 g/mol. The Balaban J connectivity index is 0.000000196. The monoisotopic (exact) mass is 624 g/mol. The Bertz CT molecular complexity index is 1950. The Labute approximate surface area is 273 Å². The standard InChI is InChI=1S/C29H21.C13H9.Zr/c1-5-13-22(14-6-1)26-21-27(23-15-7-2-8-16-23)29(25-19-11-4-12-20-25)28(26)24-17-9-3-10-18-24;1-3-7-12-10(5-1)9-11-6-2-4-8-13(11)12;/h1-20,26H;1-9H;/q2*-1;+2. The van der Waals surface area contributed by atoms with E-state index >= 15 is 0 Å². The topological polar surface area (TPSA) is 0 Å². The van der Waals surface area contributed by atoms with Gasteiger partial charge in [0.25, 0.3) is 0 Å². The fourth-order valence-corrected chi connectivity index (χ4v) is 6.03. The molecule has 1 aliphatic carbocycles. The molecule has 7 aromatic carbocycles. The van der Waals surface area contributed by atoms with E-state index in [0.717, 1.165) is 0 Å². The molecule has 0 aromatic heterocycles. The fraction of sp³-hybridized carbons (Fsp3) is 0.0238. The van der Waals surface area contributed by atoms with Gasteiger partial charge in [-0.15, -0.1) is 63.0 Å². The summed E-state index contributed by atoms with van der Waals surface area (Å²) in [6, 6.07) is 62.1. The molecule has 1 heteroatoms. The maximum atomic E-state index is 3.86. The molecule has 7 aromatic rings. The van der Waals surface area contributed by atoms with E-state index in [2.05, 4.69) is 182 Å². The molecule has 0 spiro atoms. The summed E-state index contributed by atoms with van der Waals surface area (Å²) in [5.41, 5.74) is 8.74. The molecule has 0 N–H and O–H groups in total. The van der Waals surface area contributed by atoms with Crippen molar-refractivity contribution < 1.29 is 26.2 Å². The van der Waals surface area contributed by atoms with E-state index in [4.69, 9.17) is 0 Å². The van der Waals surface area contributed by atoms with Crippen LogP contribution in [0.2, 0.25) is 0 Å². The molecule has 1 atom stereocenters. The number of rotatable bonds is 4. The second-order valence-corrected chi connectivity index (χ2v) is 10.6. The van der Waals surface area contributed by atoms with Crippen molar-refractivity contribution in [2.75, 3.05) is 0 Å². The van der Waals surface area contributed by atoms with Crippen molar-refractivity contribution in [2.45, 2.75) is 5.92 Å². The number of fused-ring (bicyclic) bond motifs is 3. The van der Waals surface area contributed by atoms with Crippen molar-refractivity contribution in [3.63, 3.8) is 0 Å². The fourth-order valence-electron chi connectivity index (χ4n) is 6.03. The average Bonchev–Trinajstić information content (AvgIpc) is 3.66. The van der Waals surface area contributed by atoms with Gasteiger partial charge < -0.3 is 0 Å². The van der Waals surface area contributed by atoms with Gasteiger partial charge in [-0.25, -0.2) is 0 Å². The first kappa shape index (κ1) is 28.7. The molecule has 8 rings (SSSR count). The Kier molecular flexibility index (Phi) is 8.83. The van der Waals surface area contributed by atoms with E-state index < -0.39 is 0 Å². The molecule has 0 fully saturated rings. The molecule has 0 nitrogen and oxygen atoms in total. The summed E-state index contributed by atoms with van der Waals surface area (Å²) >= 11 is 0. The van der Waals surface area contributed by atoms with Crippen LogP contribution in [-0.4, -0.2) is 0 Å². The van der Waals surface area contributed by atoms with Gasteiger partial charge >= 0.3 is 26.2 Å². The van der Waals surface area contributed by atoms with Crippen LogP contribution in [0.15, 0.2) is 176 Å². The quantitative estimate of drug-likeness (QED) is 0.171. The van der Waals surface area contributed by atoms with Crippen molar-refractivity contribution in [2.24, 2.45) is 0 Å². The zero-order valence-electron chi connectivity index (χ0n) is 23.8. The summed E-state index contributed by atoms with van der Waals surface area (Å²) in [5.74, 6) is 0.101. The molecule has 202 valence electrons. The van der Waals surface area contributed by atoms with Crippen LogP contribution in [0.1, 0.15) is 28.2 Å². The molecule has 0 radical (unpaired) electrons. The maximum absolute atomic E-state index is 3.86. The number of allylic oxidation sites excluding steroid dienone is 4. The Hall–Kier alpha value is -4.45. The summed E-state index contributed by atoms with van der Waals surface area (Å²) in [5, 5.41) is 5.39. The van der Waals surface area contributed by atoms with Gasteiger partial charge in [-0.3, -0.25) is 0 Å². The maximum Gasteiger partial charge on any atom is 2.00 e. The van der Waals surface area contributed by atoms with Crippen molar-refractivity contribution in [1.82, 2.24) is 0 Å². The molecule has 0 aliphatic heterocycles. The summed E-state index contributed by atoms with van der Waals surface area (Å²) in [7, 11) is 0. The van der Waals surface area contributed by atoms with Gasteiger partial charge in [0, 0.05) is 0 Å². The third-order valence-corrected chi connectivity index (χ3v) is 7.96. The van der Waals surface area contributed by atoms with Crippen molar-refractivity contribution >= 4 is 38.3 Å². The van der Waals surface area contributed by atoms with E-state index in [9.17, 15) is 0 Å². The predicted molar refractivity (Wildman–Crippen MR) is 179 cm³/mol. The van der Waals surface area contributed by atoms with Gasteiger partial charge in [0.05, 0.1) is 0 Å². The molecule has 0 amide bonds. The number of hydrogen-bond donors (Lipinski definition) is 0. The van der Waals surface area contributed by atoms with Crippen LogP contribution in [0.4, 0.5) is 0 Å². The number of benzene rings is 6. The molecule has 0 bridgehead atoms. The third-order valence-electron chi connectivity index (χ3n) is 7.96. The van der Waals surface area contributed by atoms with E-state index in [-0.39, 0.29) is 32.1 Å². The minimum absolute atomic E-state index is 0. The molecule has 1 aliphatic rings. The van der Waals surface area contributed by atoms with Crippen LogP contribution in [-0.2, 0) is 26.2 Å². The van der Waals surface area contributed by atoms with E-state index in [1.54, 1.807) is 0 Å². The molecule has 43 heavy (non-hydrogen) atoms. The van der Waals surface area contributed by atoms with Crippen LogP contribution >= 0.6 is 0 Å². The van der Waals surface area contributed by atoms with Crippen LogP contribution in [0.3, 0.4) is 0 Å². The van der Waals surface area contributed by atoms with Crippen LogP contribution in [0.25, 0.3) is 38.3 Å². The number of hydrogen-bond acceptors (Lipinski definition) is 0. The summed E-state index contributed by atoms with van der Waals surface area (Å²) in [6.45, 7) is 0. The second kappa shape index (κ2) is 13.2. The van der Waals surface area contributed by atoms with E-state index in [0.29, 0.717) is 0 Å². The predicted octanol–water partition coefficient (Wildman–Crippen LogP) is 11.0. The molecule has 0 saturated carbocycles. The van der Waals surface area contributed by atoms with E-state index in [1.165, 1.54) is 60.5 Å². The van der Waals surface area contributed by atoms with Crippen molar-refractivity contribution in [1.29, 1.82) is 0 Å². The van der Waals surface area contributed by atoms with Gasteiger partial charge in [-0.2, -0.15) is 11.6 Å². The molecule has 0 heterocycles. The van der Waals surface area contributed by atoms with Gasteiger partial charge in [-0.1, -0.05) is 157 Å². The van der Waals surface area contributed by atoms with Gasteiger partial charge in [0.15, 0.2) is 0 Å². The largest absolute Gasteiger partial charge is 2.00 e. The van der Waals surface area contributed by atoms with Gasteiger partial charge in [0.2, 0.25) is 0 Å². The zero-order chi connectivity index (χ0) is 28.1. The first-order valence-corrected chi connectivity index (χ1v) is 14.5.